The van der Waals surface area contributed by atoms with Crippen LogP contribution in [0.5, 0.6) is 0 Å². The van der Waals surface area contributed by atoms with E-state index in [1.54, 1.807) is 0 Å². The second kappa shape index (κ2) is 34.7. The number of unbranched alkanes of at least 4 members (excludes halogenated alkanes) is 28. The number of thiocarbonyl (C=S) groups is 2. The maximum Gasteiger partial charge on any atom is 0.160 e. The maximum absolute atomic E-state index is 10.8. The van der Waals surface area contributed by atoms with Crippen molar-refractivity contribution in [3.8, 4) is 0 Å². The van der Waals surface area contributed by atoms with E-state index in [4.69, 9.17) is 38.6 Å². The molecule has 0 saturated carbocycles. The number of hydrogen-bond donors (Lipinski definition) is 2. The first kappa shape index (κ1) is 46.7. The van der Waals surface area contributed by atoms with E-state index in [-0.39, 0.29) is 13.2 Å². The van der Waals surface area contributed by atoms with Gasteiger partial charge in [0.1, 0.15) is 24.9 Å². The van der Waals surface area contributed by atoms with Crippen LogP contribution in [0.1, 0.15) is 219 Å². The van der Waals surface area contributed by atoms with Gasteiger partial charge in [-0.25, -0.2) is 0 Å². The number of ether oxygens (including phenoxy) is 3. The van der Waals surface area contributed by atoms with Crippen molar-refractivity contribution in [1.29, 1.82) is 0 Å². The average Bonchev–Trinajstić information content (AvgIpc) is 3.46. The molecule has 2 N–H and O–H groups in total. The van der Waals surface area contributed by atoms with Crippen LogP contribution >= 0.6 is 24.4 Å². The molecule has 0 aromatic rings. The summed E-state index contributed by atoms with van der Waals surface area (Å²) in [5.74, 6) is 0. The molecule has 0 bridgehead atoms. The van der Waals surface area contributed by atoms with Crippen molar-refractivity contribution in [3.05, 3.63) is 0 Å². The lowest BCUT2D eigenvalue weighted by Crippen LogP contribution is -2.43. The van der Waals surface area contributed by atoms with Crippen LogP contribution in [-0.4, -0.2) is 57.9 Å². The van der Waals surface area contributed by atoms with Gasteiger partial charge in [0.25, 0.3) is 0 Å². The van der Waals surface area contributed by atoms with Gasteiger partial charge in [0.15, 0.2) is 16.2 Å². The number of aliphatic hydroxyl groups excluding tert-OH is 2. The van der Waals surface area contributed by atoms with Gasteiger partial charge in [-0.1, -0.05) is 194 Å². The summed E-state index contributed by atoms with van der Waals surface area (Å²) in [6.45, 7) is 4.72. The van der Waals surface area contributed by atoms with Crippen molar-refractivity contribution in [2.75, 3.05) is 13.2 Å². The molecule has 1 heterocycles. The summed E-state index contributed by atoms with van der Waals surface area (Å²) < 4.78 is 17.4. The summed E-state index contributed by atoms with van der Waals surface area (Å²) in [5, 5.41) is 22.3. The lowest BCUT2D eigenvalue weighted by Gasteiger charge is -2.26. The van der Waals surface area contributed by atoms with Crippen LogP contribution in [0.15, 0.2) is 0 Å². The largest absolute Gasteiger partial charge is 0.484 e. The average molecular weight is 729 g/mol. The topological polar surface area (TPSA) is 68.2 Å². The molecule has 1 aliphatic heterocycles. The fourth-order valence-electron chi connectivity index (χ4n) is 6.93. The van der Waals surface area contributed by atoms with E-state index in [1.165, 1.54) is 167 Å². The minimum Gasteiger partial charge on any atom is -0.484 e. The molecule has 0 spiro atoms. The van der Waals surface area contributed by atoms with E-state index in [1.807, 2.05) is 0 Å². The highest BCUT2D eigenvalue weighted by Gasteiger charge is 2.43. The van der Waals surface area contributed by atoms with Gasteiger partial charge in [-0.3, -0.25) is 0 Å². The summed E-state index contributed by atoms with van der Waals surface area (Å²) in [7, 11) is 0. The Balaban J connectivity index is 2.01. The molecule has 49 heavy (non-hydrogen) atoms. The van der Waals surface area contributed by atoms with Gasteiger partial charge in [-0.15, -0.1) is 0 Å². The molecule has 4 atom stereocenters. The van der Waals surface area contributed by atoms with Crippen molar-refractivity contribution in [1.82, 2.24) is 0 Å². The fraction of sp³-hybridized carbons (Fsp3) is 0.952. The van der Waals surface area contributed by atoms with E-state index in [9.17, 15) is 10.2 Å². The van der Waals surface area contributed by atoms with Crippen molar-refractivity contribution in [3.63, 3.8) is 0 Å². The van der Waals surface area contributed by atoms with Crippen LogP contribution in [0.3, 0.4) is 0 Å². The molecule has 1 rings (SSSR count). The van der Waals surface area contributed by atoms with Crippen molar-refractivity contribution < 1.29 is 24.4 Å². The van der Waals surface area contributed by atoms with Gasteiger partial charge in [0.2, 0.25) is 0 Å². The summed E-state index contributed by atoms with van der Waals surface area (Å²) in [4.78, 5) is 0. The normalized spacial score (nSPS) is 18.2. The van der Waals surface area contributed by atoms with E-state index in [2.05, 4.69) is 13.8 Å². The van der Waals surface area contributed by atoms with Crippen LogP contribution in [0.2, 0.25) is 0 Å². The molecule has 0 radical (unpaired) electrons. The van der Waals surface area contributed by atoms with Crippen LogP contribution < -0.4 is 0 Å². The van der Waals surface area contributed by atoms with Gasteiger partial charge in [-0.05, 0) is 37.3 Å². The van der Waals surface area contributed by atoms with Gasteiger partial charge in [0, 0.05) is 12.8 Å². The number of aliphatic hydroxyl groups is 2. The van der Waals surface area contributed by atoms with Crippen LogP contribution in [0.4, 0.5) is 0 Å². The van der Waals surface area contributed by atoms with Gasteiger partial charge >= 0.3 is 0 Å². The molecule has 290 valence electrons. The highest BCUT2D eigenvalue weighted by Crippen LogP contribution is 2.23. The van der Waals surface area contributed by atoms with Crippen molar-refractivity contribution >= 4 is 34.5 Å². The molecule has 7 heteroatoms. The first-order chi connectivity index (χ1) is 24.0. The third-order valence-electron chi connectivity index (χ3n) is 10.2. The SMILES string of the molecule is CCCCCCCCCCCCCCCCCC(=S)OC[C@H](O)[C@@H]1OC[C@@H](O)[C@@H]1OC(=S)CCCCCCCCCCCCCCCCC. The fourth-order valence-corrected chi connectivity index (χ4v) is 7.40. The zero-order valence-corrected chi connectivity index (χ0v) is 33.9. The monoisotopic (exact) mass is 729 g/mol. The minimum absolute atomic E-state index is 0.0423. The summed E-state index contributed by atoms with van der Waals surface area (Å²) in [5.41, 5.74) is 0. The van der Waals surface area contributed by atoms with E-state index in [0.29, 0.717) is 16.5 Å². The summed E-state index contributed by atoms with van der Waals surface area (Å²) >= 11 is 10.9. The quantitative estimate of drug-likeness (QED) is 0.0492. The summed E-state index contributed by atoms with van der Waals surface area (Å²) in [6.07, 6.45) is 38.3. The van der Waals surface area contributed by atoms with Crippen LogP contribution in [0.25, 0.3) is 0 Å². The molecule has 0 aromatic heterocycles. The standard InChI is InChI=1S/C42H80O5S2/c1-3-5-7-9-11-13-15-17-19-21-23-25-27-29-31-33-39(48)45-35-37(43)41-42(38(44)36-46-41)47-40(49)34-32-30-28-26-24-22-20-18-16-14-12-10-8-6-4-2/h37-38,41-44H,3-36H2,1-2H3/t37-,38+,41-,42-/m0/s1. The third kappa shape index (κ3) is 27.9. The van der Waals surface area contributed by atoms with Crippen LogP contribution in [-0.2, 0) is 14.2 Å². The predicted octanol–water partition coefficient (Wildman–Crippen LogP) is 12.7. The smallest absolute Gasteiger partial charge is 0.160 e. The molecular formula is C42H80O5S2. The third-order valence-corrected chi connectivity index (χ3v) is 10.8. The lowest BCUT2D eigenvalue weighted by atomic mass is 10.0. The lowest BCUT2D eigenvalue weighted by molar-refractivity contribution is -0.0620. The first-order valence-corrected chi connectivity index (χ1v) is 22.1. The molecule has 0 unspecified atom stereocenters. The number of rotatable bonds is 36. The Kier molecular flexibility index (Phi) is 33.1. The number of hydrogen-bond acceptors (Lipinski definition) is 7. The van der Waals surface area contributed by atoms with Gasteiger partial charge < -0.3 is 24.4 Å². The molecular weight excluding hydrogens is 649 g/mol. The molecule has 1 fully saturated rings. The highest BCUT2D eigenvalue weighted by atomic mass is 32.1. The van der Waals surface area contributed by atoms with Gasteiger partial charge in [-0.2, -0.15) is 0 Å². The van der Waals surface area contributed by atoms with E-state index < -0.39 is 24.4 Å². The zero-order chi connectivity index (χ0) is 35.6. The molecule has 1 aliphatic rings. The van der Waals surface area contributed by atoms with Crippen LogP contribution in [0, 0.1) is 0 Å². The van der Waals surface area contributed by atoms with Crippen molar-refractivity contribution in [2.45, 2.75) is 244 Å². The second-order valence-corrected chi connectivity index (χ2v) is 15.9. The Morgan fingerprint density at radius 1 is 0.551 bits per heavy atom. The first-order valence-electron chi connectivity index (χ1n) is 21.3. The maximum atomic E-state index is 10.8. The van der Waals surface area contributed by atoms with Gasteiger partial charge in [0.05, 0.1) is 6.61 Å². The molecule has 0 amide bonds. The summed E-state index contributed by atoms with van der Waals surface area (Å²) in [6, 6.07) is 0. The Morgan fingerprint density at radius 2 is 0.878 bits per heavy atom. The molecule has 0 aliphatic carbocycles. The highest BCUT2D eigenvalue weighted by molar-refractivity contribution is 7.80. The Labute approximate surface area is 314 Å². The van der Waals surface area contributed by atoms with E-state index >= 15 is 0 Å². The molecule has 1 saturated heterocycles. The predicted molar refractivity (Wildman–Crippen MR) is 217 cm³/mol. The Hall–Kier alpha value is -0.340. The van der Waals surface area contributed by atoms with E-state index in [0.717, 1.165) is 32.1 Å². The molecule has 5 nitrogen and oxygen atoms in total. The minimum atomic E-state index is -0.935. The second-order valence-electron chi connectivity index (χ2n) is 15.0. The zero-order valence-electron chi connectivity index (χ0n) is 32.3. The Morgan fingerprint density at radius 3 is 1.24 bits per heavy atom. The molecule has 0 aromatic carbocycles. The Bertz CT molecular complexity index is 751. The van der Waals surface area contributed by atoms with Crippen molar-refractivity contribution in [2.24, 2.45) is 0 Å².